The molecule has 8 heteroatoms. The van der Waals surface area contributed by atoms with Gasteiger partial charge in [0.25, 0.3) is 0 Å². The summed E-state index contributed by atoms with van der Waals surface area (Å²) < 4.78 is 40.1. The van der Waals surface area contributed by atoms with Gasteiger partial charge in [0.1, 0.15) is 5.82 Å². The minimum Gasteiger partial charge on any atom is -0.396 e. The fourth-order valence-electron chi connectivity index (χ4n) is 1.76. The highest BCUT2D eigenvalue weighted by Crippen LogP contribution is 2.21. The van der Waals surface area contributed by atoms with Gasteiger partial charge in [0, 0.05) is 13.6 Å². The monoisotopic (exact) mass is 317 g/mol. The van der Waals surface area contributed by atoms with Gasteiger partial charge in [0.15, 0.2) is 0 Å². The number of likely N-dealkylation sites (N-methyl/N-ethyl adjacent to an activating group) is 1. The molecule has 1 amide bonds. The van der Waals surface area contributed by atoms with Crippen molar-refractivity contribution in [2.45, 2.75) is 31.7 Å². The van der Waals surface area contributed by atoms with E-state index in [0.29, 0.717) is 6.54 Å². The van der Waals surface area contributed by atoms with Gasteiger partial charge in [-0.05, 0) is 38.5 Å². The lowest BCUT2D eigenvalue weighted by Gasteiger charge is -2.20. The number of halogens is 1. The smallest absolute Gasteiger partial charge is 0.241 e. The Morgan fingerprint density at radius 2 is 2.05 bits per heavy atom. The molecule has 3 N–H and O–H groups in total. The van der Waals surface area contributed by atoms with Crippen molar-refractivity contribution in [1.82, 2.24) is 9.62 Å². The lowest BCUT2D eigenvalue weighted by atomic mass is 10.2. The normalized spacial score (nSPS) is 13.0. The molecule has 1 unspecified atom stereocenters. The summed E-state index contributed by atoms with van der Waals surface area (Å²) in [5.41, 5.74) is 5.31. The first-order valence-electron chi connectivity index (χ1n) is 6.43. The predicted octanol–water partition coefficient (Wildman–Crippen LogP) is 0.861. The Balaban J connectivity index is 3.05. The van der Waals surface area contributed by atoms with Gasteiger partial charge < -0.3 is 10.6 Å². The fourth-order valence-corrected chi connectivity index (χ4v) is 3.07. The Morgan fingerprint density at radius 3 is 2.52 bits per heavy atom. The van der Waals surface area contributed by atoms with Crippen LogP contribution in [0.4, 0.5) is 10.1 Å². The Bertz CT molecular complexity index is 623. The second kappa shape index (κ2) is 6.40. The first-order valence-corrected chi connectivity index (χ1v) is 7.91. The predicted molar refractivity (Wildman–Crippen MR) is 78.6 cm³/mol. The summed E-state index contributed by atoms with van der Waals surface area (Å²) in [7, 11) is -2.38. The molecule has 0 bridgehead atoms. The molecule has 0 fully saturated rings. The third-order valence-corrected chi connectivity index (χ3v) is 4.64. The average Bonchev–Trinajstić information content (AvgIpc) is 2.41. The van der Waals surface area contributed by atoms with Crippen LogP contribution >= 0.6 is 0 Å². The van der Waals surface area contributed by atoms with E-state index in [-0.39, 0.29) is 22.1 Å². The van der Waals surface area contributed by atoms with E-state index >= 15 is 0 Å². The van der Waals surface area contributed by atoms with Crippen molar-refractivity contribution >= 4 is 21.6 Å². The topological polar surface area (TPSA) is 92.5 Å². The third kappa shape index (κ3) is 3.92. The minimum absolute atomic E-state index is 0.125. The van der Waals surface area contributed by atoms with Crippen molar-refractivity contribution in [3.05, 3.63) is 23.5 Å². The molecule has 21 heavy (non-hydrogen) atoms. The molecule has 118 valence electrons. The summed E-state index contributed by atoms with van der Waals surface area (Å²) >= 11 is 0. The van der Waals surface area contributed by atoms with Crippen LogP contribution in [0.25, 0.3) is 0 Å². The lowest BCUT2D eigenvalue weighted by Crippen LogP contribution is -2.45. The van der Waals surface area contributed by atoms with Gasteiger partial charge >= 0.3 is 0 Å². The number of sulfonamides is 1. The van der Waals surface area contributed by atoms with Crippen LogP contribution in [-0.2, 0) is 14.8 Å². The number of hydrogen-bond acceptors (Lipinski definition) is 4. The molecule has 6 nitrogen and oxygen atoms in total. The summed E-state index contributed by atoms with van der Waals surface area (Å²) in [5, 5.41) is 0. The number of nitrogens with zero attached hydrogens (tertiary/aromatic N) is 1. The highest BCUT2D eigenvalue weighted by atomic mass is 32.2. The summed E-state index contributed by atoms with van der Waals surface area (Å²) in [6, 6.07) is 1.28. The SMILES string of the molecule is CCN(C)C(=O)C(C)NS(=O)(=O)c1cc(C)c(F)c(N)c1. The van der Waals surface area contributed by atoms with E-state index in [4.69, 9.17) is 5.73 Å². The molecule has 0 heterocycles. The van der Waals surface area contributed by atoms with Gasteiger partial charge in [0.2, 0.25) is 15.9 Å². The van der Waals surface area contributed by atoms with E-state index in [1.165, 1.54) is 24.8 Å². The second-order valence-electron chi connectivity index (χ2n) is 4.84. The third-order valence-electron chi connectivity index (χ3n) is 3.12. The van der Waals surface area contributed by atoms with E-state index < -0.39 is 21.9 Å². The van der Waals surface area contributed by atoms with Crippen LogP contribution in [0.5, 0.6) is 0 Å². The largest absolute Gasteiger partial charge is 0.396 e. The number of carbonyl (C=O) groups is 1. The molecule has 1 rings (SSSR count). The number of nitrogens with one attached hydrogen (secondary N) is 1. The number of hydrogen-bond donors (Lipinski definition) is 2. The molecule has 1 aromatic rings. The van der Waals surface area contributed by atoms with Crippen LogP contribution in [0.1, 0.15) is 19.4 Å². The number of rotatable bonds is 5. The summed E-state index contributed by atoms with van der Waals surface area (Å²) in [5.74, 6) is -1.00. The van der Waals surface area contributed by atoms with E-state index in [1.54, 1.807) is 14.0 Å². The van der Waals surface area contributed by atoms with Crippen LogP contribution in [0.15, 0.2) is 17.0 Å². The summed E-state index contributed by atoms with van der Waals surface area (Å²) in [6.07, 6.45) is 0. The van der Waals surface area contributed by atoms with Gasteiger partial charge in [-0.2, -0.15) is 4.72 Å². The number of nitrogen functional groups attached to an aromatic ring is 1. The number of carbonyl (C=O) groups excluding carboxylic acids is 1. The number of aryl methyl sites for hydroxylation is 1. The number of nitrogens with two attached hydrogens (primary N) is 1. The molecule has 0 saturated heterocycles. The zero-order valence-electron chi connectivity index (χ0n) is 12.5. The number of amides is 1. The lowest BCUT2D eigenvalue weighted by molar-refractivity contribution is -0.131. The summed E-state index contributed by atoms with van der Waals surface area (Å²) in [4.78, 5) is 13.1. The van der Waals surface area contributed by atoms with Crippen LogP contribution in [0.2, 0.25) is 0 Å². The fraction of sp³-hybridized carbons (Fsp3) is 0.462. The Hall–Kier alpha value is -1.67. The van der Waals surface area contributed by atoms with E-state index in [0.717, 1.165) is 6.07 Å². The Labute approximate surface area is 124 Å². The molecule has 0 spiro atoms. The molecule has 0 aliphatic carbocycles. The molecule has 0 aliphatic heterocycles. The second-order valence-corrected chi connectivity index (χ2v) is 6.55. The maximum Gasteiger partial charge on any atom is 0.241 e. The van der Waals surface area contributed by atoms with Crippen LogP contribution < -0.4 is 10.5 Å². The molecule has 1 atom stereocenters. The number of benzene rings is 1. The van der Waals surface area contributed by atoms with Gasteiger partial charge in [-0.1, -0.05) is 0 Å². The molecule has 0 aromatic heterocycles. The van der Waals surface area contributed by atoms with Crippen molar-refractivity contribution < 1.29 is 17.6 Å². The van der Waals surface area contributed by atoms with Crippen molar-refractivity contribution in [3.8, 4) is 0 Å². The first-order chi connectivity index (χ1) is 9.60. The Morgan fingerprint density at radius 1 is 1.48 bits per heavy atom. The maximum atomic E-state index is 13.4. The molecular weight excluding hydrogens is 297 g/mol. The average molecular weight is 317 g/mol. The van der Waals surface area contributed by atoms with Crippen molar-refractivity contribution in [2.75, 3.05) is 19.3 Å². The van der Waals surface area contributed by atoms with Gasteiger partial charge in [0.05, 0.1) is 16.6 Å². The van der Waals surface area contributed by atoms with Crippen molar-refractivity contribution in [3.63, 3.8) is 0 Å². The van der Waals surface area contributed by atoms with Gasteiger partial charge in [-0.15, -0.1) is 0 Å². The highest BCUT2D eigenvalue weighted by Gasteiger charge is 2.24. The quantitative estimate of drug-likeness (QED) is 0.788. The van der Waals surface area contributed by atoms with E-state index in [2.05, 4.69) is 4.72 Å². The first kappa shape index (κ1) is 17.4. The molecule has 0 aliphatic rings. The molecule has 1 aromatic carbocycles. The van der Waals surface area contributed by atoms with Crippen LogP contribution in [-0.4, -0.2) is 38.9 Å². The molecular formula is C13H20FN3O3S. The maximum absolute atomic E-state index is 13.4. The van der Waals surface area contributed by atoms with Crippen LogP contribution in [0.3, 0.4) is 0 Å². The van der Waals surface area contributed by atoms with E-state index in [9.17, 15) is 17.6 Å². The highest BCUT2D eigenvalue weighted by molar-refractivity contribution is 7.89. The van der Waals surface area contributed by atoms with Gasteiger partial charge in [-0.3, -0.25) is 4.79 Å². The number of anilines is 1. The van der Waals surface area contributed by atoms with Crippen molar-refractivity contribution in [1.29, 1.82) is 0 Å². The molecule has 0 saturated carbocycles. The zero-order valence-corrected chi connectivity index (χ0v) is 13.3. The zero-order chi connectivity index (χ0) is 16.4. The minimum atomic E-state index is -3.95. The summed E-state index contributed by atoms with van der Waals surface area (Å²) in [6.45, 7) is 5.12. The molecule has 0 radical (unpaired) electrons. The standard InChI is InChI=1S/C13H20FN3O3S/c1-5-17(4)13(18)9(3)16-21(19,20)10-6-8(2)12(14)11(15)7-10/h6-7,9,16H,5,15H2,1-4H3. The van der Waals surface area contributed by atoms with E-state index in [1.807, 2.05) is 0 Å². The Kier molecular flexibility index (Phi) is 5.30. The van der Waals surface area contributed by atoms with Crippen molar-refractivity contribution in [2.24, 2.45) is 0 Å². The van der Waals surface area contributed by atoms with Gasteiger partial charge in [-0.25, -0.2) is 12.8 Å². The van der Waals surface area contributed by atoms with Crippen LogP contribution in [0, 0.1) is 12.7 Å².